The fraction of sp³-hybridized carbons (Fsp3) is 0.364. The first kappa shape index (κ1) is 19.3. The van der Waals surface area contributed by atoms with Crippen LogP contribution in [0.2, 0.25) is 0 Å². The Bertz CT molecular complexity index is 914. The third-order valence-electron chi connectivity index (χ3n) is 5.23. The lowest BCUT2D eigenvalue weighted by Gasteiger charge is -2.26. The predicted molar refractivity (Wildman–Crippen MR) is 112 cm³/mol. The van der Waals surface area contributed by atoms with Crippen LogP contribution in [0, 0.1) is 6.92 Å². The predicted octanol–water partition coefficient (Wildman–Crippen LogP) is 3.79. The van der Waals surface area contributed by atoms with Crippen LogP contribution in [0.3, 0.4) is 0 Å². The number of likely N-dealkylation sites (tertiary alicyclic amines) is 1. The van der Waals surface area contributed by atoms with Crippen molar-refractivity contribution in [3.63, 3.8) is 0 Å². The van der Waals surface area contributed by atoms with Crippen molar-refractivity contribution >= 4 is 11.8 Å². The van der Waals surface area contributed by atoms with Gasteiger partial charge in [-0.2, -0.15) is 5.10 Å². The van der Waals surface area contributed by atoms with Crippen molar-refractivity contribution in [1.29, 1.82) is 0 Å². The van der Waals surface area contributed by atoms with Crippen molar-refractivity contribution in [2.24, 2.45) is 0 Å². The molecule has 0 bridgehead atoms. The Morgan fingerprint density at radius 1 is 1.17 bits per heavy atom. The van der Waals surface area contributed by atoms with E-state index < -0.39 is 0 Å². The first-order valence-electron chi connectivity index (χ1n) is 10.1. The van der Waals surface area contributed by atoms with E-state index in [1.165, 1.54) is 12.8 Å². The maximum atomic E-state index is 12.6. The van der Waals surface area contributed by atoms with E-state index in [4.69, 9.17) is 4.42 Å². The van der Waals surface area contributed by atoms with Gasteiger partial charge in [0.25, 0.3) is 0 Å². The summed E-state index contributed by atoms with van der Waals surface area (Å²) in [6, 6.07) is 15.6. The van der Waals surface area contributed by atoms with Crippen LogP contribution >= 0.6 is 0 Å². The standard InChI is InChI=1S/C22H27N5O2/c1-17-14-21(27(25-17)16-18-8-3-2-4-9-18)24-22(28)23-15-19(20-10-7-13-29-20)26-11-5-6-12-26/h2-4,7-10,13-14,19H,5-6,11-12,15-16H2,1H3,(H2,23,24,28). The topological polar surface area (TPSA) is 75.3 Å². The Labute approximate surface area is 170 Å². The molecule has 152 valence electrons. The van der Waals surface area contributed by atoms with E-state index in [-0.39, 0.29) is 12.1 Å². The van der Waals surface area contributed by atoms with Gasteiger partial charge in [0, 0.05) is 12.6 Å². The zero-order valence-corrected chi connectivity index (χ0v) is 16.7. The molecule has 0 spiro atoms. The molecule has 1 atom stereocenters. The van der Waals surface area contributed by atoms with Crippen molar-refractivity contribution in [2.75, 3.05) is 25.0 Å². The van der Waals surface area contributed by atoms with Gasteiger partial charge in [-0.3, -0.25) is 10.2 Å². The highest BCUT2D eigenvalue weighted by Crippen LogP contribution is 2.25. The van der Waals surface area contributed by atoms with Crippen LogP contribution in [0.5, 0.6) is 0 Å². The third kappa shape index (κ3) is 4.86. The zero-order chi connectivity index (χ0) is 20.1. The van der Waals surface area contributed by atoms with Gasteiger partial charge >= 0.3 is 6.03 Å². The Morgan fingerprint density at radius 3 is 2.69 bits per heavy atom. The van der Waals surface area contributed by atoms with E-state index in [0.717, 1.165) is 30.1 Å². The number of hydrogen-bond donors (Lipinski definition) is 2. The molecule has 0 radical (unpaired) electrons. The van der Waals surface area contributed by atoms with Crippen LogP contribution in [-0.4, -0.2) is 40.3 Å². The summed E-state index contributed by atoms with van der Waals surface area (Å²) in [4.78, 5) is 15.0. The molecule has 1 unspecified atom stereocenters. The molecule has 3 aromatic rings. The van der Waals surface area contributed by atoms with Gasteiger partial charge in [0.05, 0.1) is 24.5 Å². The number of carbonyl (C=O) groups excluding carboxylic acids is 1. The summed E-state index contributed by atoms with van der Waals surface area (Å²) >= 11 is 0. The fourth-order valence-electron chi connectivity index (χ4n) is 3.82. The molecule has 1 aliphatic rings. The lowest BCUT2D eigenvalue weighted by atomic mass is 10.2. The molecule has 1 aliphatic heterocycles. The number of benzene rings is 1. The number of carbonyl (C=O) groups is 1. The minimum atomic E-state index is -0.241. The average molecular weight is 393 g/mol. The zero-order valence-electron chi connectivity index (χ0n) is 16.7. The summed E-state index contributed by atoms with van der Waals surface area (Å²) in [6.45, 7) is 5.07. The number of hydrogen-bond acceptors (Lipinski definition) is 4. The maximum absolute atomic E-state index is 12.6. The molecule has 7 heteroatoms. The van der Waals surface area contributed by atoms with Gasteiger partial charge in [0.15, 0.2) is 0 Å². The molecule has 7 nitrogen and oxygen atoms in total. The van der Waals surface area contributed by atoms with Gasteiger partial charge < -0.3 is 9.73 Å². The number of anilines is 1. The third-order valence-corrected chi connectivity index (χ3v) is 5.23. The van der Waals surface area contributed by atoms with E-state index in [0.29, 0.717) is 18.9 Å². The first-order valence-corrected chi connectivity index (χ1v) is 10.1. The molecular weight excluding hydrogens is 366 g/mol. The molecule has 1 saturated heterocycles. The highest BCUT2D eigenvalue weighted by Gasteiger charge is 2.26. The molecule has 2 N–H and O–H groups in total. The number of amides is 2. The number of nitrogens with one attached hydrogen (secondary N) is 2. The molecule has 4 rings (SSSR count). The van der Waals surface area contributed by atoms with Crippen LogP contribution in [-0.2, 0) is 6.54 Å². The van der Waals surface area contributed by atoms with Crippen LogP contribution in [0.1, 0.15) is 35.9 Å². The molecule has 1 aromatic carbocycles. The summed E-state index contributed by atoms with van der Waals surface area (Å²) in [5.41, 5.74) is 1.99. The number of rotatable bonds is 7. The maximum Gasteiger partial charge on any atom is 0.320 e. The van der Waals surface area contributed by atoms with E-state index in [9.17, 15) is 4.79 Å². The lowest BCUT2D eigenvalue weighted by Crippen LogP contribution is -2.38. The van der Waals surface area contributed by atoms with Crippen molar-refractivity contribution < 1.29 is 9.21 Å². The molecule has 1 fully saturated rings. The second-order valence-electron chi connectivity index (χ2n) is 7.42. The molecule has 2 amide bonds. The van der Waals surface area contributed by atoms with Crippen molar-refractivity contribution in [1.82, 2.24) is 20.0 Å². The second-order valence-corrected chi connectivity index (χ2v) is 7.42. The van der Waals surface area contributed by atoms with Gasteiger partial charge in [-0.25, -0.2) is 9.48 Å². The van der Waals surface area contributed by atoms with Crippen LogP contribution in [0.15, 0.2) is 59.2 Å². The quantitative estimate of drug-likeness (QED) is 0.640. The average Bonchev–Trinajstić information content (AvgIpc) is 3.47. The summed E-state index contributed by atoms with van der Waals surface area (Å²) in [6.07, 6.45) is 4.05. The SMILES string of the molecule is Cc1cc(NC(=O)NCC(c2ccco2)N2CCCC2)n(Cc2ccccc2)n1. The van der Waals surface area contributed by atoms with Crippen molar-refractivity contribution in [3.05, 3.63) is 71.8 Å². The van der Waals surface area contributed by atoms with Gasteiger partial charge in [-0.15, -0.1) is 0 Å². The number of nitrogens with zero attached hydrogens (tertiary/aromatic N) is 3. The van der Waals surface area contributed by atoms with E-state index in [1.807, 2.05) is 60.1 Å². The molecular formula is C22H27N5O2. The number of furan rings is 1. The highest BCUT2D eigenvalue weighted by atomic mass is 16.3. The lowest BCUT2D eigenvalue weighted by molar-refractivity contribution is 0.206. The molecule has 2 aromatic heterocycles. The number of urea groups is 1. The molecule has 0 aliphatic carbocycles. The van der Waals surface area contributed by atoms with Gasteiger partial charge in [-0.05, 0) is 50.6 Å². The second kappa shape index (κ2) is 8.96. The summed E-state index contributed by atoms with van der Waals surface area (Å²) in [7, 11) is 0. The molecule has 0 saturated carbocycles. The summed E-state index contributed by atoms with van der Waals surface area (Å²) in [5.74, 6) is 1.57. The Hall–Kier alpha value is -3.06. The fourth-order valence-corrected chi connectivity index (χ4v) is 3.82. The minimum absolute atomic E-state index is 0.0502. The monoisotopic (exact) mass is 393 g/mol. The smallest absolute Gasteiger partial charge is 0.320 e. The number of aromatic nitrogens is 2. The highest BCUT2D eigenvalue weighted by molar-refractivity contribution is 5.88. The largest absolute Gasteiger partial charge is 0.468 e. The van der Waals surface area contributed by atoms with Crippen LogP contribution in [0.25, 0.3) is 0 Å². The summed E-state index contributed by atoms with van der Waals surface area (Å²) < 4.78 is 7.43. The van der Waals surface area contributed by atoms with Gasteiger partial charge in [-0.1, -0.05) is 30.3 Å². The van der Waals surface area contributed by atoms with Gasteiger partial charge in [0.2, 0.25) is 0 Å². The number of aryl methyl sites for hydroxylation is 1. The van der Waals surface area contributed by atoms with E-state index in [2.05, 4.69) is 20.6 Å². The molecule has 29 heavy (non-hydrogen) atoms. The van der Waals surface area contributed by atoms with Crippen LogP contribution in [0.4, 0.5) is 10.6 Å². The Balaban J connectivity index is 1.39. The van der Waals surface area contributed by atoms with E-state index >= 15 is 0 Å². The van der Waals surface area contributed by atoms with E-state index in [1.54, 1.807) is 6.26 Å². The normalized spacial score (nSPS) is 15.3. The summed E-state index contributed by atoms with van der Waals surface area (Å²) in [5, 5.41) is 10.5. The molecule has 3 heterocycles. The minimum Gasteiger partial charge on any atom is -0.468 e. The first-order chi connectivity index (χ1) is 14.2. The Kier molecular flexibility index (Phi) is 5.95. The van der Waals surface area contributed by atoms with Crippen LogP contribution < -0.4 is 10.6 Å². The van der Waals surface area contributed by atoms with Gasteiger partial charge in [0.1, 0.15) is 11.6 Å². The van der Waals surface area contributed by atoms with Crippen molar-refractivity contribution in [3.8, 4) is 0 Å². The van der Waals surface area contributed by atoms with Crippen molar-refractivity contribution in [2.45, 2.75) is 32.4 Å². The Morgan fingerprint density at radius 2 is 1.97 bits per heavy atom.